The van der Waals surface area contributed by atoms with Crippen LogP contribution in [-0.2, 0) is 14.3 Å². The molecular weight excluding hydrogens is 232 g/mol. The Bertz CT molecular complexity index is 226. The first kappa shape index (κ1) is 17.1. The van der Waals surface area contributed by atoms with Crippen molar-refractivity contribution < 1.29 is 19.4 Å². The third-order valence-electron chi connectivity index (χ3n) is 2.84. The molecule has 0 rings (SSSR count). The molecule has 0 bridgehead atoms. The Hall–Kier alpha value is -0.900. The number of hydrogen-bond donors (Lipinski definition) is 1. The van der Waals surface area contributed by atoms with Crippen molar-refractivity contribution in [2.24, 2.45) is 0 Å². The topological polar surface area (TPSA) is 63.6 Å². The molecule has 106 valence electrons. The molecular formula is C14H26O4. The zero-order valence-corrected chi connectivity index (χ0v) is 11.5. The van der Waals surface area contributed by atoms with E-state index in [-0.39, 0.29) is 6.42 Å². The van der Waals surface area contributed by atoms with Crippen LogP contribution in [0.25, 0.3) is 0 Å². The number of aliphatic hydroxyl groups is 1. The van der Waals surface area contributed by atoms with Gasteiger partial charge in [0.1, 0.15) is 6.61 Å². The van der Waals surface area contributed by atoms with E-state index >= 15 is 0 Å². The minimum atomic E-state index is -0.865. The highest BCUT2D eigenvalue weighted by Gasteiger charge is 2.08. The van der Waals surface area contributed by atoms with Crippen LogP contribution >= 0.6 is 0 Å². The summed E-state index contributed by atoms with van der Waals surface area (Å²) in [7, 11) is 0. The lowest BCUT2D eigenvalue weighted by atomic mass is 10.1. The van der Waals surface area contributed by atoms with E-state index in [0.717, 1.165) is 19.3 Å². The van der Waals surface area contributed by atoms with E-state index in [9.17, 15) is 9.59 Å². The molecule has 0 radical (unpaired) electrons. The maximum Gasteiger partial charge on any atom is 0.339 e. The molecule has 0 saturated heterocycles. The van der Waals surface area contributed by atoms with Crippen molar-refractivity contribution in [3.8, 4) is 0 Å². The largest absolute Gasteiger partial charge is 0.391 e. The Labute approximate surface area is 110 Å². The van der Waals surface area contributed by atoms with Crippen molar-refractivity contribution in [2.45, 2.75) is 71.1 Å². The minimum Gasteiger partial charge on any atom is -0.391 e. The van der Waals surface area contributed by atoms with E-state index < -0.39 is 18.5 Å². The molecule has 0 spiro atoms. The van der Waals surface area contributed by atoms with E-state index in [1.807, 2.05) is 0 Å². The molecule has 0 amide bonds. The molecule has 18 heavy (non-hydrogen) atoms. The molecule has 0 aliphatic carbocycles. The fourth-order valence-corrected chi connectivity index (χ4v) is 1.79. The molecule has 4 nitrogen and oxygen atoms in total. The lowest BCUT2D eigenvalue weighted by molar-refractivity contribution is -0.161. The van der Waals surface area contributed by atoms with Gasteiger partial charge in [0.05, 0.1) is 0 Å². The van der Waals surface area contributed by atoms with Crippen molar-refractivity contribution >= 4 is 11.9 Å². The molecule has 1 N–H and O–H groups in total. The third-order valence-corrected chi connectivity index (χ3v) is 2.84. The van der Waals surface area contributed by atoms with Crippen LogP contribution in [0.2, 0.25) is 0 Å². The zero-order valence-electron chi connectivity index (χ0n) is 11.5. The lowest BCUT2D eigenvalue weighted by Gasteiger charge is -2.02. The smallest absolute Gasteiger partial charge is 0.339 e. The van der Waals surface area contributed by atoms with Gasteiger partial charge >= 0.3 is 11.9 Å². The molecule has 4 heteroatoms. The summed E-state index contributed by atoms with van der Waals surface area (Å²) in [6.07, 6.45) is 10.9. The molecule has 0 aliphatic rings. The SMILES string of the molecule is CCCCCCCCCCCC(=O)OC(=O)CO. The van der Waals surface area contributed by atoms with Crippen LogP contribution in [0.4, 0.5) is 0 Å². The summed E-state index contributed by atoms with van der Waals surface area (Å²) in [5, 5.41) is 8.39. The molecule has 0 atom stereocenters. The minimum absolute atomic E-state index is 0.265. The number of hydrogen-bond acceptors (Lipinski definition) is 4. The summed E-state index contributed by atoms with van der Waals surface area (Å²) in [6, 6.07) is 0. The maximum atomic E-state index is 11.1. The summed E-state index contributed by atoms with van der Waals surface area (Å²) in [6.45, 7) is 1.48. The van der Waals surface area contributed by atoms with Gasteiger partial charge < -0.3 is 9.84 Å². The van der Waals surface area contributed by atoms with Crippen LogP contribution in [0, 0.1) is 0 Å². The Morgan fingerprint density at radius 3 is 1.83 bits per heavy atom. The van der Waals surface area contributed by atoms with Gasteiger partial charge in [-0.05, 0) is 6.42 Å². The normalized spacial score (nSPS) is 10.3. The average molecular weight is 258 g/mol. The van der Waals surface area contributed by atoms with Crippen LogP contribution in [-0.4, -0.2) is 23.7 Å². The number of aliphatic hydroxyl groups excluding tert-OH is 1. The standard InChI is InChI=1S/C14H26O4/c1-2-3-4-5-6-7-8-9-10-11-13(16)18-14(17)12-15/h15H,2-12H2,1H3. The Kier molecular flexibility index (Phi) is 11.9. The third kappa shape index (κ3) is 11.6. The summed E-state index contributed by atoms with van der Waals surface area (Å²) < 4.78 is 4.34. The fourth-order valence-electron chi connectivity index (χ4n) is 1.79. The quantitative estimate of drug-likeness (QED) is 0.351. The Morgan fingerprint density at radius 1 is 0.833 bits per heavy atom. The fraction of sp³-hybridized carbons (Fsp3) is 0.857. The van der Waals surface area contributed by atoms with Gasteiger partial charge in [-0.2, -0.15) is 0 Å². The van der Waals surface area contributed by atoms with Crippen LogP contribution in [0.1, 0.15) is 71.1 Å². The second-order valence-electron chi connectivity index (χ2n) is 4.58. The first-order valence-corrected chi connectivity index (χ1v) is 7.05. The van der Waals surface area contributed by atoms with E-state index in [1.54, 1.807) is 0 Å². The summed E-state index contributed by atoms with van der Waals surface area (Å²) in [4.78, 5) is 21.7. The number of ether oxygens (including phenoxy) is 1. The van der Waals surface area contributed by atoms with Crippen LogP contribution in [0.5, 0.6) is 0 Å². The van der Waals surface area contributed by atoms with Crippen molar-refractivity contribution in [1.29, 1.82) is 0 Å². The van der Waals surface area contributed by atoms with Gasteiger partial charge in [0.25, 0.3) is 0 Å². The van der Waals surface area contributed by atoms with Crippen molar-refractivity contribution in [3.05, 3.63) is 0 Å². The van der Waals surface area contributed by atoms with Gasteiger partial charge in [0.2, 0.25) is 0 Å². The monoisotopic (exact) mass is 258 g/mol. The summed E-state index contributed by atoms with van der Waals surface area (Å²) in [5.41, 5.74) is 0. The highest BCUT2D eigenvalue weighted by Crippen LogP contribution is 2.10. The highest BCUT2D eigenvalue weighted by atomic mass is 16.6. The van der Waals surface area contributed by atoms with E-state index in [2.05, 4.69) is 11.7 Å². The molecule has 0 heterocycles. The Balaban J connectivity index is 3.20. The van der Waals surface area contributed by atoms with Crippen LogP contribution in [0.3, 0.4) is 0 Å². The number of rotatable bonds is 11. The first-order valence-electron chi connectivity index (χ1n) is 7.05. The number of esters is 2. The second-order valence-corrected chi connectivity index (χ2v) is 4.58. The number of carbonyl (C=O) groups is 2. The predicted octanol–water partition coefficient (Wildman–Crippen LogP) is 2.97. The van der Waals surface area contributed by atoms with Crippen LogP contribution in [0.15, 0.2) is 0 Å². The molecule has 0 aromatic rings. The second kappa shape index (κ2) is 12.6. The van der Waals surface area contributed by atoms with Gasteiger partial charge in [-0.3, -0.25) is 4.79 Å². The van der Waals surface area contributed by atoms with Gasteiger partial charge in [0, 0.05) is 6.42 Å². The van der Waals surface area contributed by atoms with E-state index in [0.29, 0.717) is 0 Å². The first-order chi connectivity index (χ1) is 8.70. The van der Waals surface area contributed by atoms with Gasteiger partial charge in [0.15, 0.2) is 0 Å². The van der Waals surface area contributed by atoms with Crippen molar-refractivity contribution in [2.75, 3.05) is 6.61 Å². The van der Waals surface area contributed by atoms with Gasteiger partial charge in [-0.1, -0.05) is 58.3 Å². The number of unbranched alkanes of at least 4 members (excludes halogenated alkanes) is 8. The highest BCUT2D eigenvalue weighted by molar-refractivity contribution is 5.85. The predicted molar refractivity (Wildman–Crippen MR) is 70.0 cm³/mol. The summed E-state index contributed by atoms with van der Waals surface area (Å²) in [5.74, 6) is -1.40. The van der Waals surface area contributed by atoms with Gasteiger partial charge in [-0.25, -0.2) is 4.79 Å². The van der Waals surface area contributed by atoms with E-state index in [4.69, 9.17) is 5.11 Å². The molecule has 0 saturated carbocycles. The van der Waals surface area contributed by atoms with Crippen molar-refractivity contribution in [1.82, 2.24) is 0 Å². The maximum absolute atomic E-state index is 11.1. The molecule has 0 aliphatic heterocycles. The molecule has 0 aromatic carbocycles. The molecule has 0 fully saturated rings. The lowest BCUT2D eigenvalue weighted by Crippen LogP contribution is -2.14. The van der Waals surface area contributed by atoms with Crippen molar-refractivity contribution in [3.63, 3.8) is 0 Å². The number of carbonyl (C=O) groups excluding carboxylic acids is 2. The molecule has 0 unspecified atom stereocenters. The Morgan fingerprint density at radius 2 is 1.33 bits per heavy atom. The van der Waals surface area contributed by atoms with E-state index in [1.165, 1.54) is 38.5 Å². The molecule has 0 aromatic heterocycles. The average Bonchev–Trinajstić information content (AvgIpc) is 2.36. The summed E-state index contributed by atoms with van der Waals surface area (Å²) >= 11 is 0. The zero-order chi connectivity index (χ0) is 13.6. The van der Waals surface area contributed by atoms with Crippen LogP contribution < -0.4 is 0 Å². The van der Waals surface area contributed by atoms with Gasteiger partial charge in [-0.15, -0.1) is 0 Å².